The van der Waals surface area contributed by atoms with E-state index in [1.54, 1.807) is 19.1 Å². The van der Waals surface area contributed by atoms with E-state index >= 15 is 0 Å². The van der Waals surface area contributed by atoms with E-state index < -0.39 is 29.5 Å². The van der Waals surface area contributed by atoms with Crippen LogP contribution in [0.15, 0.2) is 54.1 Å². The van der Waals surface area contributed by atoms with Crippen LogP contribution in [0.25, 0.3) is 0 Å². The number of rotatable bonds is 6. The van der Waals surface area contributed by atoms with Gasteiger partial charge < -0.3 is 14.6 Å². The maximum absolute atomic E-state index is 14.0. The number of Topliss-reactive ketones (excluding diaryl/α,β-unsaturated/α-hetero) is 1. The normalized spacial score (nSPS) is 28.4. The average Bonchev–Trinajstić information content (AvgIpc) is 2.86. The number of hydrogen-bond acceptors (Lipinski definition) is 6. The molecule has 6 nitrogen and oxygen atoms in total. The van der Waals surface area contributed by atoms with Crippen LogP contribution in [0, 0.1) is 18.8 Å². The SMILES string of the molecule is COc1ccc([C@@]2(C(=O)O[C@@H]3CC[C@@H](C(C)(C)c4ccccc4)[C@H](O)C3)CC(C)=CC(C)C2=O)c(C)n1. The van der Waals surface area contributed by atoms with E-state index in [1.807, 2.05) is 38.1 Å². The number of aromatic nitrogens is 1. The highest BCUT2D eigenvalue weighted by molar-refractivity contribution is 6.12. The lowest BCUT2D eigenvalue weighted by Gasteiger charge is -2.43. The number of pyridine rings is 1. The number of esters is 1. The van der Waals surface area contributed by atoms with E-state index in [0.717, 1.165) is 12.0 Å². The first-order valence-corrected chi connectivity index (χ1v) is 13.2. The topological polar surface area (TPSA) is 85.7 Å². The summed E-state index contributed by atoms with van der Waals surface area (Å²) in [5, 5.41) is 11.2. The highest BCUT2D eigenvalue weighted by atomic mass is 16.5. The molecule has 0 saturated heterocycles. The van der Waals surface area contributed by atoms with Crippen molar-refractivity contribution >= 4 is 11.8 Å². The summed E-state index contributed by atoms with van der Waals surface area (Å²) in [6.45, 7) is 9.87. The molecule has 2 aromatic rings. The predicted molar refractivity (Wildman–Crippen MR) is 142 cm³/mol. The second-order valence-corrected chi connectivity index (χ2v) is 11.3. The molecule has 0 amide bonds. The van der Waals surface area contributed by atoms with Gasteiger partial charge in [0.05, 0.1) is 13.2 Å². The lowest BCUT2D eigenvalue weighted by atomic mass is 9.64. The van der Waals surface area contributed by atoms with Gasteiger partial charge in [-0.05, 0) is 55.6 Å². The fourth-order valence-electron chi connectivity index (χ4n) is 6.46. The number of aliphatic hydroxyl groups excluding tert-OH is 1. The van der Waals surface area contributed by atoms with E-state index in [-0.39, 0.29) is 23.5 Å². The van der Waals surface area contributed by atoms with E-state index in [1.165, 1.54) is 12.7 Å². The van der Waals surface area contributed by atoms with Crippen LogP contribution in [0.3, 0.4) is 0 Å². The molecule has 1 N–H and O–H groups in total. The first-order chi connectivity index (χ1) is 17.5. The zero-order valence-corrected chi connectivity index (χ0v) is 22.8. The highest BCUT2D eigenvalue weighted by Gasteiger charge is 2.54. The van der Waals surface area contributed by atoms with Crippen LogP contribution in [0.5, 0.6) is 5.88 Å². The molecule has 0 aliphatic heterocycles. The van der Waals surface area contributed by atoms with Gasteiger partial charge >= 0.3 is 5.97 Å². The maximum atomic E-state index is 14.0. The largest absolute Gasteiger partial charge is 0.481 e. The summed E-state index contributed by atoms with van der Waals surface area (Å²) in [7, 11) is 1.53. The Morgan fingerprint density at radius 2 is 1.81 bits per heavy atom. The first kappa shape index (κ1) is 27.1. The number of nitrogens with zero attached hydrogens (tertiary/aromatic N) is 1. The van der Waals surface area contributed by atoms with Crippen molar-refractivity contribution in [3.05, 3.63) is 70.9 Å². The third kappa shape index (κ3) is 4.96. The van der Waals surface area contributed by atoms with Gasteiger partial charge in [0.2, 0.25) is 5.88 Å². The predicted octanol–water partition coefficient (Wildman–Crippen LogP) is 5.24. The van der Waals surface area contributed by atoms with Crippen LogP contribution in [0.1, 0.15) is 70.2 Å². The number of aryl methyl sites for hydroxylation is 1. The Balaban J connectivity index is 1.59. The van der Waals surface area contributed by atoms with E-state index in [9.17, 15) is 14.7 Å². The van der Waals surface area contributed by atoms with Crippen LogP contribution in [-0.2, 0) is 25.2 Å². The molecule has 1 saturated carbocycles. The van der Waals surface area contributed by atoms with Crippen molar-refractivity contribution in [1.29, 1.82) is 0 Å². The van der Waals surface area contributed by atoms with Crippen LogP contribution in [0.4, 0.5) is 0 Å². The van der Waals surface area contributed by atoms with Crippen molar-refractivity contribution in [2.45, 2.75) is 83.3 Å². The van der Waals surface area contributed by atoms with Crippen LogP contribution >= 0.6 is 0 Å². The van der Waals surface area contributed by atoms with E-state index in [0.29, 0.717) is 30.0 Å². The van der Waals surface area contributed by atoms with Gasteiger partial charge in [0, 0.05) is 24.1 Å². The Labute approximate surface area is 220 Å². The van der Waals surface area contributed by atoms with E-state index in [4.69, 9.17) is 9.47 Å². The standard InChI is InChI=1S/C31H39NO5/c1-19-16-20(2)28(34)31(18-19,24-14-15-27(36-6)32-21(24)3)29(35)37-23-12-13-25(26(33)17-23)30(4,5)22-10-8-7-9-11-22/h7-11,14-16,20,23,25-26,33H,12-13,17-18H2,1-6H3/t20?,23-,25-,26-,31+/m1/s1. The molecule has 0 spiro atoms. The molecule has 2 aliphatic rings. The molecule has 6 heteroatoms. The fraction of sp³-hybridized carbons (Fsp3) is 0.516. The van der Waals surface area contributed by atoms with Crippen molar-refractivity contribution in [3.8, 4) is 5.88 Å². The van der Waals surface area contributed by atoms with Gasteiger partial charge in [-0.15, -0.1) is 0 Å². The third-order valence-corrected chi connectivity index (χ3v) is 8.48. The molecule has 1 unspecified atom stereocenters. The minimum absolute atomic E-state index is 0.0355. The number of ketones is 1. The lowest BCUT2D eigenvalue weighted by Crippen LogP contribution is -2.52. The van der Waals surface area contributed by atoms with Crippen LogP contribution < -0.4 is 4.74 Å². The Morgan fingerprint density at radius 1 is 1.11 bits per heavy atom. The molecule has 0 radical (unpaired) electrons. The summed E-state index contributed by atoms with van der Waals surface area (Å²) in [5.41, 5.74) is 1.58. The van der Waals surface area contributed by atoms with Gasteiger partial charge in [0.1, 0.15) is 6.10 Å². The van der Waals surface area contributed by atoms with Gasteiger partial charge in [-0.1, -0.05) is 68.8 Å². The number of carbonyl (C=O) groups excluding carboxylic acids is 2. The van der Waals surface area contributed by atoms with Crippen molar-refractivity contribution in [2.24, 2.45) is 11.8 Å². The monoisotopic (exact) mass is 505 g/mol. The molecule has 198 valence electrons. The van der Waals surface area contributed by atoms with Gasteiger partial charge in [-0.25, -0.2) is 4.98 Å². The lowest BCUT2D eigenvalue weighted by molar-refractivity contribution is -0.164. The Kier molecular flexibility index (Phi) is 7.61. The summed E-state index contributed by atoms with van der Waals surface area (Å²) in [5.74, 6) is -0.692. The molecule has 1 aromatic carbocycles. The van der Waals surface area contributed by atoms with Crippen molar-refractivity contribution in [2.75, 3.05) is 7.11 Å². The van der Waals surface area contributed by atoms with Gasteiger partial charge in [-0.2, -0.15) is 0 Å². The smallest absolute Gasteiger partial charge is 0.324 e. The second kappa shape index (κ2) is 10.4. The molecule has 2 aliphatic carbocycles. The quantitative estimate of drug-likeness (QED) is 0.328. The van der Waals surface area contributed by atoms with Crippen molar-refractivity contribution < 1.29 is 24.2 Å². The third-order valence-electron chi connectivity index (χ3n) is 8.48. The average molecular weight is 506 g/mol. The summed E-state index contributed by atoms with van der Waals surface area (Å²) >= 11 is 0. The summed E-state index contributed by atoms with van der Waals surface area (Å²) in [6.07, 6.45) is 2.80. The van der Waals surface area contributed by atoms with Gasteiger partial charge in [0.25, 0.3) is 0 Å². The summed E-state index contributed by atoms with van der Waals surface area (Å²) < 4.78 is 11.3. The minimum Gasteiger partial charge on any atom is -0.481 e. The molecule has 4 rings (SSSR count). The molecule has 1 fully saturated rings. The van der Waals surface area contributed by atoms with Crippen LogP contribution in [0.2, 0.25) is 0 Å². The Bertz CT molecular complexity index is 1190. The Hall–Kier alpha value is -2.99. The summed E-state index contributed by atoms with van der Waals surface area (Å²) in [4.78, 5) is 32.2. The Morgan fingerprint density at radius 3 is 2.43 bits per heavy atom. The maximum Gasteiger partial charge on any atom is 0.324 e. The molecule has 5 atom stereocenters. The minimum atomic E-state index is -1.47. The molecule has 1 aromatic heterocycles. The zero-order chi connectivity index (χ0) is 27.0. The molecule has 37 heavy (non-hydrogen) atoms. The number of aliphatic hydroxyl groups is 1. The zero-order valence-electron chi connectivity index (χ0n) is 22.8. The van der Waals surface area contributed by atoms with Crippen molar-refractivity contribution in [1.82, 2.24) is 4.98 Å². The number of benzene rings is 1. The number of allylic oxidation sites excluding steroid dienone is 2. The first-order valence-electron chi connectivity index (χ1n) is 13.2. The number of ether oxygens (including phenoxy) is 2. The van der Waals surface area contributed by atoms with Crippen molar-refractivity contribution in [3.63, 3.8) is 0 Å². The fourth-order valence-corrected chi connectivity index (χ4v) is 6.46. The van der Waals surface area contributed by atoms with Gasteiger partial charge in [0.15, 0.2) is 11.2 Å². The summed E-state index contributed by atoms with van der Waals surface area (Å²) in [6, 6.07) is 13.7. The van der Waals surface area contributed by atoms with Gasteiger partial charge in [-0.3, -0.25) is 9.59 Å². The van der Waals surface area contributed by atoms with E-state index in [2.05, 4.69) is 31.0 Å². The molecule has 0 bridgehead atoms. The number of carbonyl (C=O) groups is 2. The second-order valence-electron chi connectivity index (χ2n) is 11.3. The molecular weight excluding hydrogens is 466 g/mol. The highest BCUT2D eigenvalue weighted by Crippen LogP contribution is 2.44. The van der Waals surface area contributed by atoms with Crippen LogP contribution in [-0.4, -0.2) is 41.2 Å². The number of methoxy groups -OCH3 is 1. The number of hydrogen-bond donors (Lipinski definition) is 1. The molecule has 1 heterocycles. The molecular formula is C31H39NO5.